The lowest BCUT2D eigenvalue weighted by Gasteiger charge is -2.33. The minimum atomic E-state index is -2.84. The van der Waals surface area contributed by atoms with Gasteiger partial charge in [0.25, 0.3) is 5.91 Å². The molecule has 4 rings (SSSR count). The fraction of sp³-hybridized carbons (Fsp3) is 0.625. The van der Waals surface area contributed by atoms with Gasteiger partial charge in [-0.2, -0.15) is 8.42 Å². The molecule has 2 aromatic heterocycles. The second-order valence-corrected chi connectivity index (χ2v) is 11.9. The van der Waals surface area contributed by atoms with Crippen LogP contribution in [0.15, 0.2) is 28.8 Å². The van der Waals surface area contributed by atoms with Gasteiger partial charge in [0, 0.05) is 30.3 Å². The zero-order valence-corrected chi connectivity index (χ0v) is 21.7. The second-order valence-electron chi connectivity index (χ2n) is 11.3. The molecule has 1 saturated carbocycles. The summed E-state index contributed by atoms with van der Waals surface area (Å²) in [5.74, 6) is 1.44. The first-order valence-electron chi connectivity index (χ1n) is 11.6. The van der Waals surface area contributed by atoms with Gasteiger partial charge in [0.2, 0.25) is 5.88 Å². The first kappa shape index (κ1) is 24.4. The Morgan fingerprint density at radius 2 is 1.82 bits per heavy atom. The highest BCUT2D eigenvalue weighted by atomic mass is 32.2. The van der Waals surface area contributed by atoms with Crippen LogP contribution in [-0.2, 0) is 10.5 Å². The van der Waals surface area contributed by atoms with E-state index in [4.69, 9.17) is 9.72 Å². The molecule has 0 aromatic carbocycles. The topological polar surface area (TPSA) is 107 Å². The average molecular weight is 488 g/mol. The summed E-state index contributed by atoms with van der Waals surface area (Å²) < 4.78 is 32.8. The van der Waals surface area contributed by atoms with Gasteiger partial charge in [-0.1, -0.05) is 39.0 Å². The van der Waals surface area contributed by atoms with E-state index in [1.165, 1.54) is 0 Å². The van der Waals surface area contributed by atoms with E-state index < -0.39 is 16.4 Å². The fourth-order valence-corrected chi connectivity index (χ4v) is 5.68. The summed E-state index contributed by atoms with van der Waals surface area (Å²) >= 11 is 0. The van der Waals surface area contributed by atoms with Gasteiger partial charge in [-0.15, -0.1) is 5.10 Å². The summed E-state index contributed by atoms with van der Waals surface area (Å²) in [6.45, 7) is 16.6. The van der Waals surface area contributed by atoms with Gasteiger partial charge in [0.15, 0.2) is 5.82 Å². The van der Waals surface area contributed by atoms with Crippen molar-refractivity contribution in [1.82, 2.24) is 14.8 Å². The molecule has 34 heavy (non-hydrogen) atoms. The molecule has 184 valence electrons. The van der Waals surface area contributed by atoms with Crippen molar-refractivity contribution in [1.29, 1.82) is 0 Å². The minimum absolute atomic E-state index is 0.150. The largest absolute Gasteiger partial charge is 0.476 e. The van der Waals surface area contributed by atoms with Gasteiger partial charge in [-0.3, -0.25) is 4.79 Å². The number of rotatable bonds is 6. The van der Waals surface area contributed by atoms with Crippen LogP contribution in [0.5, 0.6) is 5.88 Å². The number of hydrogen-bond acceptors (Lipinski definition) is 7. The maximum atomic E-state index is 12.6. The van der Waals surface area contributed by atoms with Gasteiger partial charge < -0.3 is 9.64 Å². The van der Waals surface area contributed by atoms with E-state index >= 15 is 0 Å². The van der Waals surface area contributed by atoms with Crippen molar-refractivity contribution in [3.8, 4) is 11.7 Å². The minimum Gasteiger partial charge on any atom is -0.476 e. The molecule has 1 amide bonds. The van der Waals surface area contributed by atoms with E-state index in [1.807, 2.05) is 0 Å². The zero-order valence-electron chi connectivity index (χ0n) is 20.9. The molecule has 1 aliphatic heterocycles. The number of carbonyl (C=O) groups excluding carboxylic acids is 1. The van der Waals surface area contributed by atoms with E-state index in [0.717, 1.165) is 6.42 Å². The van der Waals surface area contributed by atoms with Crippen molar-refractivity contribution < 1.29 is 17.9 Å². The lowest BCUT2D eigenvalue weighted by molar-refractivity contribution is 0.100. The van der Waals surface area contributed by atoms with E-state index in [0.29, 0.717) is 42.5 Å². The number of pyridine rings is 1. The van der Waals surface area contributed by atoms with Crippen LogP contribution < -0.4 is 9.64 Å². The van der Waals surface area contributed by atoms with Crippen molar-refractivity contribution in [3.05, 3.63) is 30.0 Å². The predicted octanol–water partition coefficient (Wildman–Crippen LogP) is 4.16. The highest BCUT2D eigenvalue weighted by molar-refractivity contribution is 7.62. The molecule has 2 fully saturated rings. The molecule has 0 N–H and O–H groups in total. The number of carbonyl (C=O) groups is 1. The smallest absolute Gasteiger partial charge is 0.319 e. The standard InChI is InChI=1S/C24H33N5O4S/c1-15-12-22(2,3)28(13-15)20-16(21(30)27-34(31)32)8-9-18(25-20)29-11-10-19(26-29)33-14-17-23(4,5)24(17,6)7/h8-11,15,17H,12-14H2,1-7H3/t15-/m0/s1. The molecule has 1 aliphatic carbocycles. The number of aromatic nitrogens is 3. The van der Waals surface area contributed by atoms with Crippen molar-refractivity contribution >= 4 is 22.2 Å². The Balaban J connectivity index is 1.64. The molecule has 0 unspecified atom stereocenters. The SMILES string of the molecule is C[C@@H]1CN(c2nc(-n3ccc(OCC4C(C)(C)C4(C)C)n3)ccc2C(=O)N=S(=O)=O)C(C)(C)C1. The first-order valence-corrected chi connectivity index (χ1v) is 12.6. The van der Waals surface area contributed by atoms with Crippen LogP contribution in [0.4, 0.5) is 5.82 Å². The highest BCUT2D eigenvalue weighted by Gasteiger charge is 2.64. The van der Waals surface area contributed by atoms with Crippen molar-refractivity contribution in [2.24, 2.45) is 27.0 Å². The Labute approximate surface area is 202 Å². The highest BCUT2D eigenvalue weighted by Crippen LogP contribution is 2.68. The number of anilines is 1. The van der Waals surface area contributed by atoms with Gasteiger partial charge in [-0.05, 0) is 49.1 Å². The number of amides is 1. The monoisotopic (exact) mass is 487 g/mol. The molecule has 1 saturated heterocycles. The predicted molar refractivity (Wildman–Crippen MR) is 129 cm³/mol. The quantitative estimate of drug-likeness (QED) is 0.602. The Kier molecular flexibility index (Phi) is 5.86. The van der Waals surface area contributed by atoms with Crippen LogP contribution >= 0.6 is 0 Å². The average Bonchev–Trinajstić information content (AvgIpc) is 3.10. The lowest BCUT2D eigenvalue weighted by atomic mass is 9.97. The fourth-order valence-electron chi connectivity index (χ4n) is 5.45. The molecular weight excluding hydrogens is 454 g/mol. The Morgan fingerprint density at radius 3 is 2.38 bits per heavy atom. The third kappa shape index (κ3) is 4.23. The van der Waals surface area contributed by atoms with Crippen molar-refractivity contribution in [2.45, 2.75) is 60.4 Å². The third-order valence-corrected chi connectivity index (χ3v) is 8.41. The van der Waals surface area contributed by atoms with E-state index in [9.17, 15) is 13.2 Å². The molecule has 0 bridgehead atoms. The normalized spacial score (nSPS) is 22.4. The van der Waals surface area contributed by atoms with Crippen LogP contribution in [0, 0.1) is 22.7 Å². The zero-order chi connectivity index (χ0) is 25.1. The summed E-state index contributed by atoms with van der Waals surface area (Å²) in [5.41, 5.74) is 0.357. The maximum absolute atomic E-state index is 12.6. The first-order chi connectivity index (χ1) is 15.7. The third-order valence-electron chi connectivity index (χ3n) is 8.09. The summed E-state index contributed by atoms with van der Waals surface area (Å²) in [4.78, 5) is 19.4. The van der Waals surface area contributed by atoms with Gasteiger partial charge in [0.1, 0.15) is 5.82 Å². The summed E-state index contributed by atoms with van der Waals surface area (Å²) in [5, 5.41) is 4.52. The molecule has 2 aromatic rings. The molecular formula is C24H33N5O4S. The molecule has 0 radical (unpaired) electrons. The van der Waals surface area contributed by atoms with Crippen LogP contribution in [-0.4, -0.2) is 47.8 Å². The number of ether oxygens (including phenoxy) is 1. The van der Waals surface area contributed by atoms with Crippen LogP contribution in [0.3, 0.4) is 0 Å². The molecule has 9 nitrogen and oxygen atoms in total. The Bertz CT molecular complexity index is 1240. The molecule has 10 heteroatoms. The van der Waals surface area contributed by atoms with Gasteiger partial charge in [0.05, 0.1) is 12.2 Å². The van der Waals surface area contributed by atoms with Crippen molar-refractivity contribution in [2.75, 3.05) is 18.1 Å². The Morgan fingerprint density at radius 1 is 1.15 bits per heavy atom. The molecule has 2 aliphatic rings. The number of hydrogen-bond donors (Lipinski definition) is 0. The second kappa shape index (κ2) is 8.18. The van der Waals surface area contributed by atoms with Crippen LogP contribution in [0.1, 0.15) is 65.2 Å². The van der Waals surface area contributed by atoms with Crippen molar-refractivity contribution in [3.63, 3.8) is 0 Å². The molecule has 0 spiro atoms. The van der Waals surface area contributed by atoms with Gasteiger partial charge >= 0.3 is 10.5 Å². The summed E-state index contributed by atoms with van der Waals surface area (Å²) in [7, 11) is -2.84. The summed E-state index contributed by atoms with van der Waals surface area (Å²) in [6.07, 6.45) is 2.69. The van der Waals surface area contributed by atoms with E-state index in [-0.39, 0.29) is 21.9 Å². The maximum Gasteiger partial charge on any atom is 0.319 e. The van der Waals surface area contributed by atoms with Gasteiger partial charge in [-0.25, -0.2) is 9.67 Å². The summed E-state index contributed by atoms with van der Waals surface area (Å²) in [6, 6.07) is 4.99. The van der Waals surface area contributed by atoms with E-state index in [1.54, 1.807) is 29.1 Å². The van der Waals surface area contributed by atoms with Crippen LogP contribution in [0.25, 0.3) is 5.82 Å². The lowest BCUT2D eigenvalue weighted by Crippen LogP contribution is -2.39. The van der Waals surface area contributed by atoms with Crippen LogP contribution in [0.2, 0.25) is 0 Å². The number of nitrogens with zero attached hydrogens (tertiary/aromatic N) is 5. The van der Waals surface area contributed by atoms with E-state index in [2.05, 4.69) is 62.8 Å². The molecule has 3 heterocycles. The molecule has 1 atom stereocenters. The Hall–Kier alpha value is -2.75.